The number of nitrogens with one attached hydrogen (secondary N) is 1. The molecule has 0 amide bonds. The molecule has 1 aliphatic rings. The Hall–Kier alpha value is -0.500. The van der Waals surface area contributed by atoms with E-state index in [1.54, 1.807) is 11.3 Å². The van der Waals surface area contributed by atoms with E-state index in [-0.39, 0.29) is 0 Å². The van der Waals surface area contributed by atoms with Gasteiger partial charge in [-0.2, -0.15) is 11.3 Å². The third-order valence-corrected chi connectivity index (χ3v) is 3.43. The molecule has 1 heterocycles. The highest BCUT2D eigenvalue weighted by Gasteiger charge is 2.11. The molecule has 2 rings (SSSR count). The van der Waals surface area contributed by atoms with Gasteiger partial charge in [0.05, 0.1) is 0 Å². The second kappa shape index (κ2) is 4.66. The third-order valence-electron chi connectivity index (χ3n) is 2.75. The zero-order valence-corrected chi connectivity index (χ0v) is 8.78. The van der Waals surface area contributed by atoms with E-state index in [1.165, 1.54) is 44.2 Å². The zero-order chi connectivity index (χ0) is 8.93. The fraction of sp³-hybridized carbons (Fsp3) is 0.636. The molecule has 0 saturated heterocycles. The SMILES string of the molecule is c1cc(NC2CCCCCC2)cs1. The van der Waals surface area contributed by atoms with Crippen LogP contribution in [0.25, 0.3) is 0 Å². The predicted octanol–water partition coefficient (Wildman–Crippen LogP) is 3.88. The van der Waals surface area contributed by atoms with Crippen molar-refractivity contribution in [2.24, 2.45) is 0 Å². The number of hydrogen-bond donors (Lipinski definition) is 1. The standard InChI is InChI=1S/C11H17NS/c1-2-4-6-10(5-3-1)12-11-7-8-13-9-11/h7-10,12H,1-6H2. The number of anilines is 1. The quantitative estimate of drug-likeness (QED) is 0.706. The molecule has 0 unspecified atom stereocenters. The lowest BCUT2D eigenvalue weighted by molar-refractivity contribution is 0.620. The van der Waals surface area contributed by atoms with E-state index in [2.05, 4.69) is 22.1 Å². The molecule has 13 heavy (non-hydrogen) atoms. The van der Waals surface area contributed by atoms with Crippen LogP contribution in [0.1, 0.15) is 38.5 Å². The van der Waals surface area contributed by atoms with Crippen molar-refractivity contribution in [2.75, 3.05) is 5.32 Å². The van der Waals surface area contributed by atoms with Crippen molar-refractivity contribution < 1.29 is 0 Å². The molecule has 1 aromatic rings. The molecular weight excluding hydrogens is 178 g/mol. The molecule has 1 saturated carbocycles. The molecule has 0 aromatic carbocycles. The molecule has 1 nitrogen and oxygen atoms in total. The Labute approximate surface area is 84.2 Å². The molecule has 1 fully saturated rings. The maximum atomic E-state index is 3.61. The number of hydrogen-bond acceptors (Lipinski definition) is 2. The van der Waals surface area contributed by atoms with Gasteiger partial charge in [0, 0.05) is 17.1 Å². The minimum Gasteiger partial charge on any atom is -0.382 e. The van der Waals surface area contributed by atoms with Gasteiger partial charge in [-0.25, -0.2) is 0 Å². The first kappa shape index (κ1) is 9.07. The number of thiophene rings is 1. The first-order valence-corrected chi connectivity index (χ1v) is 6.18. The van der Waals surface area contributed by atoms with Crippen LogP contribution in [0.2, 0.25) is 0 Å². The smallest absolute Gasteiger partial charge is 0.0450 e. The Morgan fingerprint density at radius 3 is 2.54 bits per heavy atom. The van der Waals surface area contributed by atoms with E-state index in [9.17, 15) is 0 Å². The van der Waals surface area contributed by atoms with Gasteiger partial charge in [-0.15, -0.1) is 0 Å². The van der Waals surface area contributed by atoms with E-state index in [0.29, 0.717) is 0 Å². The topological polar surface area (TPSA) is 12.0 Å². The van der Waals surface area contributed by atoms with Crippen LogP contribution in [0, 0.1) is 0 Å². The lowest BCUT2D eigenvalue weighted by Gasteiger charge is -2.15. The van der Waals surface area contributed by atoms with Crippen molar-refractivity contribution in [1.82, 2.24) is 0 Å². The van der Waals surface area contributed by atoms with Gasteiger partial charge in [0.15, 0.2) is 0 Å². The van der Waals surface area contributed by atoms with Gasteiger partial charge in [0.25, 0.3) is 0 Å². The van der Waals surface area contributed by atoms with Crippen molar-refractivity contribution in [3.63, 3.8) is 0 Å². The summed E-state index contributed by atoms with van der Waals surface area (Å²) < 4.78 is 0. The van der Waals surface area contributed by atoms with E-state index >= 15 is 0 Å². The lowest BCUT2D eigenvalue weighted by atomic mass is 10.1. The maximum Gasteiger partial charge on any atom is 0.0450 e. The highest BCUT2D eigenvalue weighted by molar-refractivity contribution is 7.08. The highest BCUT2D eigenvalue weighted by Crippen LogP contribution is 2.22. The molecule has 0 radical (unpaired) electrons. The molecule has 0 spiro atoms. The van der Waals surface area contributed by atoms with Crippen molar-refractivity contribution in [3.05, 3.63) is 16.8 Å². The van der Waals surface area contributed by atoms with Gasteiger partial charge in [0.2, 0.25) is 0 Å². The Balaban J connectivity index is 1.86. The van der Waals surface area contributed by atoms with Crippen LogP contribution in [-0.2, 0) is 0 Å². The van der Waals surface area contributed by atoms with Gasteiger partial charge in [-0.1, -0.05) is 25.7 Å². The molecule has 1 N–H and O–H groups in total. The maximum absolute atomic E-state index is 3.61. The second-order valence-electron chi connectivity index (χ2n) is 3.84. The van der Waals surface area contributed by atoms with E-state index in [0.717, 1.165) is 6.04 Å². The predicted molar refractivity (Wildman–Crippen MR) is 59.4 cm³/mol. The van der Waals surface area contributed by atoms with Crippen molar-refractivity contribution in [1.29, 1.82) is 0 Å². The summed E-state index contributed by atoms with van der Waals surface area (Å²) in [6.07, 6.45) is 8.39. The summed E-state index contributed by atoms with van der Waals surface area (Å²) >= 11 is 1.77. The van der Waals surface area contributed by atoms with Gasteiger partial charge < -0.3 is 5.32 Å². The minimum absolute atomic E-state index is 0.733. The summed E-state index contributed by atoms with van der Waals surface area (Å²) in [6, 6.07) is 2.91. The molecule has 1 aliphatic carbocycles. The van der Waals surface area contributed by atoms with Crippen molar-refractivity contribution in [3.8, 4) is 0 Å². The van der Waals surface area contributed by atoms with Crippen LogP contribution in [-0.4, -0.2) is 6.04 Å². The Morgan fingerprint density at radius 1 is 1.15 bits per heavy atom. The molecule has 72 valence electrons. The van der Waals surface area contributed by atoms with Crippen LogP contribution in [0.4, 0.5) is 5.69 Å². The molecule has 0 aliphatic heterocycles. The Bertz CT molecular complexity index is 222. The summed E-state index contributed by atoms with van der Waals surface area (Å²) in [4.78, 5) is 0. The third kappa shape index (κ3) is 2.73. The van der Waals surface area contributed by atoms with E-state index in [1.807, 2.05) is 0 Å². The Morgan fingerprint density at radius 2 is 1.92 bits per heavy atom. The van der Waals surface area contributed by atoms with E-state index < -0.39 is 0 Å². The lowest BCUT2D eigenvalue weighted by Crippen LogP contribution is -2.17. The molecule has 1 aromatic heterocycles. The fourth-order valence-electron chi connectivity index (χ4n) is 2.01. The molecule has 0 atom stereocenters. The zero-order valence-electron chi connectivity index (χ0n) is 7.96. The van der Waals surface area contributed by atoms with E-state index in [4.69, 9.17) is 0 Å². The monoisotopic (exact) mass is 195 g/mol. The Kier molecular flexibility index (Phi) is 3.25. The van der Waals surface area contributed by atoms with Crippen LogP contribution in [0.5, 0.6) is 0 Å². The molecular formula is C11H17NS. The van der Waals surface area contributed by atoms with Crippen molar-refractivity contribution in [2.45, 2.75) is 44.6 Å². The van der Waals surface area contributed by atoms with Gasteiger partial charge in [-0.3, -0.25) is 0 Å². The van der Waals surface area contributed by atoms with Crippen LogP contribution in [0.3, 0.4) is 0 Å². The minimum atomic E-state index is 0.733. The van der Waals surface area contributed by atoms with Crippen LogP contribution < -0.4 is 5.32 Å². The van der Waals surface area contributed by atoms with Crippen molar-refractivity contribution >= 4 is 17.0 Å². The van der Waals surface area contributed by atoms with Crippen LogP contribution >= 0.6 is 11.3 Å². The summed E-state index contributed by atoms with van der Waals surface area (Å²) in [6.45, 7) is 0. The number of rotatable bonds is 2. The summed E-state index contributed by atoms with van der Waals surface area (Å²) in [5.74, 6) is 0. The second-order valence-corrected chi connectivity index (χ2v) is 4.62. The summed E-state index contributed by atoms with van der Waals surface area (Å²) in [7, 11) is 0. The summed E-state index contributed by atoms with van der Waals surface area (Å²) in [5.41, 5.74) is 1.32. The molecule has 0 bridgehead atoms. The average Bonchev–Trinajstić information content (AvgIpc) is 2.49. The molecule has 2 heteroatoms. The van der Waals surface area contributed by atoms with Gasteiger partial charge in [-0.05, 0) is 24.3 Å². The normalized spacial score (nSPS) is 19.7. The first-order chi connectivity index (χ1) is 6.45. The first-order valence-electron chi connectivity index (χ1n) is 5.24. The fourth-order valence-corrected chi connectivity index (χ4v) is 2.60. The average molecular weight is 195 g/mol. The van der Waals surface area contributed by atoms with Crippen LogP contribution in [0.15, 0.2) is 16.8 Å². The van der Waals surface area contributed by atoms with Gasteiger partial charge in [0.1, 0.15) is 0 Å². The largest absolute Gasteiger partial charge is 0.382 e. The van der Waals surface area contributed by atoms with Gasteiger partial charge >= 0.3 is 0 Å². The summed E-state index contributed by atoms with van der Waals surface area (Å²) in [5, 5.41) is 7.95. The highest BCUT2D eigenvalue weighted by atomic mass is 32.1.